The van der Waals surface area contributed by atoms with Crippen LogP contribution in [0.1, 0.15) is 52.7 Å². The van der Waals surface area contributed by atoms with E-state index in [0.717, 1.165) is 88.1 Å². The first kappa shape index (κ1) is 35.0. The summed E-state index contributed by atoms with van der Waals surface area (Å²) in [5.74, 6) is 0. The topological polar surface area (TPSA) is 46.0 Å². The van der Waals surface area contributed by atoms with Gasteiger partial charge < -0.3 is 4.98 Å². The van der Waals surface area contributed by atoms with Crippen molar-refractivity contribution < 1.29 is 0 Å². The molecule has 0 saturated carbocycles. The van der Waals surface area contributed by atoms with E-state index >= 15 is 0 Å². The molecule has 60 heavy (non-hydrogen) atoms. The minimum atomic E-state index is -0.108. The lowest BCUT2D eigenvalue weighted by atomic mass is 9.83. The number of aromatic amines is 1. The average Bonchev–Trinajstić information content (AvgIpc) is 3.80. The zero-order valence-corrected chi connectivity index (χ0v) is 34.8. The maximum absolute atomic E-state index is 5.77. The van der Waals surface area contributed by atoms with Gasteiger partial charge in [0, 0.05) is 43.1 Å². The Morgan fingerprint density at radius 2 is 0.933 bits per heavy atom. The first-order valence-electron chi connectivity index (χ1n) is 21.1. The van der Waals surface area contributed by atoms with Gasteiger partial charge in [0.25, 0.3) is 0 Å². The minimum absolute atomic E-state index is 0.0785. The molecule has 0 aliphatic rings. The van der Waals surface area contributed by atoms with E-state index in [1.165, 1.54) is 38.1 Å². The molecule has 0 aliphatic carbocycles. The van der Waals surface area contributed by atoms with E-state index in [9.17, 15) is 0 Å². The highest BCUT2D eigenvalue weighted by atomic mass is 15.0. The highest BCUT2D eigenvalue weighted by Crippen LogP contribution is 2.43. The molecule has 288 valence electrons. The van der Waals surface area contributed by atoms with Crippen molar-refractivity contribution >= 4 is 92.7 Å². The van der Waals surface area contributed by atoms with Gasteiger partial charge in [-0.05, 0) is 98.1 Å². The summed E-state index contributed by atoms with van der Waals surface area (Å²) in [6, 6.07) is 56.1. The lowest BCUT2D eigenvalue weighted by Crippen LogP contribution is -2.11. The maximum Gasteiger partial charge on any atom is 0.139 e. The van der Waals surface area contributed by atoms with Gasteiger partial charge in [0.05, 0.1) is 38.6 Å². The maximum atomic E-state index is 5.77. The Morgan fingerprint density at radius 3 is 1.58 bits per heavy atom. The predicted molar refractivity (Wildman–Crippen MR) is 256 cm³/mol. The number of nitrogens with one attached hydrogen (secondary N) is 1. The Labute approximate surface area is 348 Å². The Kier molecular flexibility index (Phi) is 7.14. The van der Waals surface area contributed by atoms with Crippen molar-refractivity contribution in [3.8, 4) is 22.3 Å². The summed E-state index contributed by atoms with van der Waals surface area (Å²) in [6.45, 7) is 13.9. The first-order valence-corrected chi connectivity index (χ1v) is 21.1. The van der Waals surface area contributed by atoms with E-state index in [0.29, 0.717) is 0 Å². The number of benzene rings is 7. The van der Waals surface area contributed by atoms with E-state index in [1.54, 1.807) is 0 Å². The van der Waals surface area contributed by atoms with E-state index in [2.05, 4.69) is 203 Å². The molecular weight excluding hydrogens is 729 g/mol. The van der Waals surface area contributed by atoms with Crippen LogP contribution in [0.15, 0.2) is 152 Å². The number of hydrogen-bond acceptors (Lipinski definition) is 2. The standard InChI is InChI=1S/C56H44N4/c1-55(2,3)35-26-43-34-21-22-38-37-19-13-14-20-48(37)60(49(38)25-34)50-31-42(33-17-11-8-12-18-33)40-24-23-39-41(32-15-9-7-10-16-32)30-47(57-53(39)54(40)58-50)46-29-36(56(4,5)6)28-45-44(27-35)51(43)59-52(45)46/h7-31,59H,1-6H3. The van der Waals surface area contributed by atoms with Crippen molar-refractivity contribution in [2.75, 3.05) is 0 Å². The molecule has 0 saturated heterocycles. The zero-order chi connectivity index (χ0) is 40.7. The number of aromatic nitrogens is 4. The summed E-state index contributed by atoms with van der Waals surface area (Å²) in [4.78, 5) is 15.6. The summed E-state index contributed by atoms with van der Waals surface area (Å²) in [7, 11) is 0. The second kappa shape index (κ2) is 12.2. The first-order chi connectivity index (χ1) is 29.0. The predicted octanol–water partition coefficient (Wildman–Crippen LogP) is 15.2. The molecular formula is C56H44N4. The van der Waals surface area contributed by atoms with Crippen molar-refractivity contribution in [2.45, 2.75) is 52.4 Å². The van der Waals surface area contributed by atoms with Crippen LogP contribution in [0, 0.1) is 0 Å². The number of pyridine rings is 2. The molecule has 0 unspecified atom stereocenters. The largest absolute Gasteiger partial charge is 0.353 e. The Morgan fingerprint density at radius 1 is 0.417 bits per heavy atom. The van der Waals surface area contributed by atoms with Crippen LogP contribution in [0.3, 0.4) is 0 Å². The average molecular weight is 773 g/mol. The summed E-state index contributed by atoms with van der Waals surface area (Å²) >= 11 is 0. The van der Waals surface area contributed by atoms with Crippen LogP contribution in [0.2, 0.25) is 0 Å². The zero-order valence-electron chi connectivity index (χ0n) is 34.8. The van der Waals surface area contributed by atoms with Crippen molar-refractivity contribution in [3.63, 3.8) is 0 Å². The van der Waals surface area contributed by atoms with Crippen molar-refractivity contribution in [1.29, 1.82) is 0 Å². The molecule has 12 rings (SSSR count). The van der Waals surface area contributed by atoms with Crippen LogP contribution < -0.4 is 0 Å². The quantitative estimate of drug-likeness (QED) is 0.178. The molecule has 5 aromatic heterocycles. The molecule has 0 spiro atoms. The monoisotopic (exact) mass is 772 g/mol. The number of hydrogen-bond donors (Lipinski definition) is 1. The third-order valence-electron chi connectivity index (χ3n) is 13.0. The van der Waals surface area contributed by atoms with Gasteiger partial charge in [0.2, 0.25) is 0 Å². The van der Waals surface area contributed by atoms with E-state index in [1.807, 2.05) is 0 Å². The molecule has 0 atom stereocenters. The van der Waals surface area contributed by atoms with Crippen LogP contribution >= 0.6 is 0 Å². The Bertz CT molecular complexity index is 3760. The van der Waals surface area contributed by atoms with Crippen molar-refractivity contribution in [2.24, 2.45) is 0 Å². The fourth-order valence-corrected chi connectivity index (χ4v) is 9.71. The van der Waals surface area contributed by atoms with Gasteiger partial charge in [-0.25, -0.2) is 9.97 Å². The van der Waals surface area contributed by atoms with Crippen molar-refractivity contribution in [3.05, 3.63) is 163 Å². The van der Waals surface area contributed by atoms with Crippen LogP contribution in [0.5, 0.6) is 0 Å². The molecule has 7 aromatic carbocycles. The Balaban J connectivity index is 1.44. The van der Waals surface area contributed by atoms with Gasteiger partial charge in [-0.15, -0.1) is 0 Å². The van der Waals surface area contributed by atoms with E-state index in [-0.39, 0.29) is 10.8 Å². The summed E-state index contributed by atoms with van der Waals surface area (Å²) < 4.78 is 2.38. The number of fused-ring (bicyclic) bond motifs is 10. The molecule has 5 heterocycles. The lowest BCUT2D eigenvalue weighted by Gasteiger charge is -2.21. The second-order valence-corrected chi connectivity index (χ2v) is 18.8. The highest BCUT2D eigenvalue weighted by molar-refractivity contribution is 6.23. The summed E-state index contributed by atoms with van der Waals surface area (Å²) in [5.41, 5.74) is 15.0. The van der Waals surface area contributed by atoms with Crippen LogP contribution in [-0.2, 0) is 10.8 Å². The fraction of sp³-hybridized carbons (Fsp3) is 0.143. The van der Waals surface area contributed by atoms with Gasteiger partial charge in [0.1, 0.15) is 5.65 Å². The van der Waals surface area contributed by atoms with Gasteiger partial charge >= 0.3 is 0 Å². The molecule has 0 radical (unpaired) electrons. The molecule has 8 bridgehead atoms. The number of H-pyrrole nitrogens is 1. The molecule has 4 heteroatoms. The van der Waals surface area contributed by atoms with Gasteiger partial charge in [0.15, 0.2) is 0 Å². The van der Waals surface area contributed by atoms with Crippen molar-refractivity contribution in [1.82, 2.24) is 19.4 Å². The van der Waals surface area contributed by atoms with E-state index in [4.69, 9.17) is 9.97 Å². The molecule has 12 aromatic rings. The van der Waals surface area contributed by atoms with Gasteiger partial charge in [-0.2, -0.15) is 0 Å². The molecule has 0 fully saturated rings. The smallest absolute Gasteiger partial charge is 0.139 e. The number of nitrogens with zero attached hydrogens (tertiary/aromatic N) is 3. The summed E-state index contributed by atoms with van der Waals surface area (Å²) in [5, 5.41) is 10.4. The second-order valence-electron chi connectivity index (χ2n) is 18.8. The van der Waals surface area contributed by atoms with Gasteiger partial charge in [-0.3, -0.25) is 4.40 Å². The third kappa shape index (κ3) is 5.10. The normalized spacial score (nSPS) is 12.8. The van der Waals surface area contributed by atoms with Crippen LogP contribution in [0.25, 0.3) is 115 Å². The highest BCUT2D eigenvalue weighted by Gasteiger charge is 2.23. The van der Waals surface area contributed by atoms with Gasteiger partial charge in [-0.1, -0.05) is 145 Å². The molecule has 1 N–H and O–H groups in total. The molecule has 0 amide bonds. The number of para-hydroxylation sites is 1. The molecule has 4 nitrogen and oxygen atoms in total. The van der Waals surface area contributed by atoms with Crippen LogP contribution in [-0.4, -0.2) is 19.4 Å². The number of rotatable bonds is 2. The van der Waals surface area contributed by atoms with E-state index < -0.39 is 0 Å². The lowest BCUT2D eigenvalue weighted by molar-refractivity contribution is 0.591. The third-order valence-corrected chi connectivity index (χ3v) is 13.0. The fourth-order valence-electron chi connectivity index (χ4n) is 9.71. The SMILES string of the molecule is CC(C)(C)c1cc2c3ccc4c5ccccc5n(c5cc(-c6ccccc6)c6ccc7c(-c8ccccc8)cc(nc7c6n5)c5cc(C(C)(C)C)cc6c(c1)c2[nH]c56)c4c3. The molecule has 0 aliphatic heterocycles. The Hall–Kier alpha value is -7.04. The van der Waals surface area contributed by atoms with Crippen LogP contribution in [0.4, 0.5) is 0 Å². The summed E-state index contributed by atoms with van der Waals surface area (Å²) in [6.07, 6.45) is 0. The minimum Gasteiger partial charge on any atom is -0.353 e.